The molecule has 100 valence electrons. The first-order valence-corrected chi connectivity index (χ1v) is 6.87. The van der Waals surface area contributed by atoms with Crippen LogP contribution in [0, 0.1) is 0 Å². The highest BCUT2D eigenvalue weighted by Crippen LogP contribution is 2.34. The van der Waals surface area contributed by atoms with Crippen LogP contribution >= 0.6 is 0 Å². The first kappa shape index (κ1) is 12.8. The quantitative estimate of drug-likeness (QED) is 0.640. The van der Waals surface area contributed by atoms with Gasteiger partial charge in [-0.1, -0.05) is 63.2 Å². The summed E-state index contributed by atoms with van der Waals surface area (Å²) < 4.78 is 0. The topological polar surface area (TPSA) is 25.8 Å². The zero-order valence-electron chi connectivity index (χ0n) is 12.1. The van der Waals surface area contributed by atoms with Gasteiger partial charge >= 0.3 is 0 Å². The maximum atomic E-state index is 4.54. The zero-order chi connectivity index (χ0) is 14.2. The lowest BCUT2D eigenvalue weighted by atomic mass is 9.82. The van der Waals surface area contributed by atoms with Gasteiger partial charge in [0.2, 0.25) is 0 Å². The SMILES string of the molecule is CC(C)(C)c1ccccc1-c1ncnc2ccccc12. The average Bonchev–Trinajstić information content (AvgIpc) is 2.46. The van der Waals surface area contributed by atoms with Gasteiger partial charge < -0.3 is 0 Å². The largest absolute Gasteiger partial charge is 0.236 e. The fraction of sp³-hybridized carbons (Fsp3) is 0.222. The molecule has 20 heavy (non-hydrogen) atoms. The summed E-state index contributed by atoms with van der Waals surface area (Å²) in [4.78, 5) is 8.89. The minimum Gasteiger partial charge on any atom is -0.236 e. The van der Waals surface area contributed by atoms with Crippen molar-refractivity contribution in [3.8, 4) is 11.3 Å². The molecular weight excluding hydrogens is 244 g/mol. The second-order valence-corrected chi connectivity index (χ2v) is 6.04. The number of benzene rings is 2. The molecule has 2 nitrogen and oxygen atoms in total. The van der Waals surface area contributed by atoms with E-state index in [9.17, 15) is 0 Å². The standard InChI is InChI=1S/C18H18N2/c1-18(2,3)15-10-6-4-8-13(15)17-14-9-5-7-11-16(14)19-12-20-17/h4-12H,1-3H3. The van der Waals surface area contributed by atoms with Crippen LogP contribution in [0.25, 0.3) is 22.2 Å². The van der Waals surface area contributed by atoms with Gasteiger partial charge in [-0.25, -0.2) is 9.97 Å². The Balaban J connectivity index is 2.32. The normalized spacial score (nSPS) is 11.8. The van der Waals surface area contributed by atoms with Crippen LogP contribution in [0.15, 0.2) is 54.9 Å². The number of rotatable bonds is 1. The molecule has 3 aromatic rings. The lowest BCUT2D eigenvalue weighted by molar-refractivity contribution is 0.592. The van der Waals surface area contributed by atoms with Gasteiger partial charge in [0.15, 0.2) is 0 Å². The number of hydrogen-bond donors (Lipinski definition) is 0. The third-order valence-electron chi connectivity index (χ3n) is 3.53. The second kappa shape index (κ2) is 4.71. The minimum atomic E-state index is 0.0860. The van der Waals surface area contributed by atoms with Crippen molar-refractivity contribution in [1.82, 2.24) is 9.97 Å². The summed E-state index contributed by atoms with van der Waals surface area (Å²) in [6.07, 6.45) is 1.65. The van der Waals surface area contributed by atoms with E-state index in [0.717, 1.165) is 16.6 Å². The Morgan fingerprint density at radius 2 is 1.50 bits per heavy atom. The predicted octanol–water partition coefficient (Wildman–Crippen LogP) is 4.59. The van der Waals surface area contributed by atoms with Crippen molar-refractivity contribution >= 4 is 10.9 Å². The highest BCUT2D eigenvalue weighted by Gasteiger charge is 2.19. The summed E-state index contributed by atoms with van der Waals surface area (Å²) in [5, 5.41) is 1.10. The van der Waals surface area contributed by atoms with Crippen LogP contribution in [0.2, 0.25) is 0 Å². The molecule has 0 bridgehead atoms. The van der Waals surface area contributed by atoms with Crippen molar-refractivity contribution in [3.63, 3.8) is 0 Å². The summed E-state index contributed by atoms with van der Waals surface area (Å²) in [5.74, 6) is 0. The van der Waals surface area contributed by atoms with Crippen LogP contribution in [0.5, 0.6) is 0 Å². The Bertz CT molecular complexity index is 749. The molecule has 0 unspecified atom stereocenters. The van der Waals surface area contributed by atoms with E-state index in [1.165, 1.54) is 11.1 Å². The third-order valence-corrected chi connectivity index (χ3v) is 3.53. The van der Waals surface area contributed by atoms with Gasteiger partial charge in [0.1, 0.15) is 6.33 Å². The molecule has 0 radical (unpaired) electrons. The maximum absolute atomic E-state index is 4.54. The van der Waals surface area contributed by atoms with Gasteiger partial charge in [0.05, 0.1) is 11.2 Å². The molecule has 0 saturated carbocycles. The molecule has 0 spiro atoms. The maximum Gasteiger partial charge on any atom is 0.116 e. The van der Waals surface area contributed by atoms with Gasteiger partial charge in [-0.05, 0) is 17.0 Å². The summed E-state index contributed by atoms with van der Waals surface area (Å²) in [5.41, 5.74) is 4.59. The molecule has 0 aliphatic carbocycles. The lowest BCUT2D eigenvalue weighted by Gasteiger charge is -2.23. The van der Waals surface area contributed by atoms with Crippen LogP contribution in [0.1, 0.15) is 26.3 Å². The fourth-order valence-electron chi connectivity index (χ4n) is 2.56. The highest BCUT2D eigenvalue weighted by atomic mass is 14.8. The molecule has 0 aliphatic heterocycles. The van der Waals surface area contributed by atoms with E-state index in [1.54, 1.807) is 6.33 Å². The molecule has 1 heterocycles. The lowest BCUT2D eigenvalue weighted by Crippen LogP contribution is -2.13. The molecule has 3 rings (SSSR count). The number of para-hydroxylation sites is 1. The highest BCUT2D eigenvalue weighted by molar-refractivity contribution is 5.92. The Labute approximate surface area is 119 Å². The smallest absolute Gasteiger partial charge is 0.116 e. The van der Waals surface area contributed by atoms with Crippen LogP contribution < -0.4 is 0 Å². The van der Waals surface area contributed by atoms with E-state index < -0.39 is 0 Å². The van der Waals surface area contributed by atoms with Crippen LogP contribution in [0.3, 0.4) is 0 Å². The van der Waals surface area contributed by atoms with Gasteiger partial charge in [-0.3, -0.25) is 0 Å². The molecule has 2 aromatic carbocycles. The van der Waals surface area contributed by atoms with Crippen LogP contribution in [-0.2, 0) is 5.41 Å². The summed E-state index contributed by atoms with van der Waals surface area (Å²) in [7, 11) is 0. The molecule has 0 fully saturated rings. The molecular formula is C18H18N2. The summed E-state index contributed by atoms with van der Waals surface area (Å²) >= 11 is 0. The number of aromatic nitrogens is 2. The van der Waals surface area contributed by atoms with E-state index in [2.05, 4.69) is 61.1 Å². The zero-order valence-corrected chi connectivity index (χ0v) is 12.1. The monoisotopic (exact) mass is 262 g/mol. The molecule has 0 atom stereocenters. The van der Waals surface area contributed by atoms with Crippen LogP contribution in [-0.4, -0.2) is 9.97 Å². The van der Waals surface area contributed by atoms with Crippen molar-refractivity contribution in [3.05, 3.63) is 60.4 Å². The van der Waals surface area contributed by atoms with E-state index in [0.29, 0.717) is 0 Å². The minimum absolute atomic E-state index is 0.0860. The van der Waals surface area contributed by atoms with Crippen molar-refractivity contribution in [2.75, 3.05) is 0 Å². The molecule has 1 aromatic heterocycles. The van der Waals surface area contributed by atoms with Gasteiger partial charge in [-0.15, -0.1) is 0 Å². The van der Waals surface area contributed by atoms with Gasteiger partial charge in [-0.2, -0.15) is 0 Å². The molecule has 0 N–H and O–H groups in total. The molecule has 0 saturated heterocycles. The van der Waals surface area contributed by atoms with Crippen LogP contribution in [0.4, 0.5) is 0 Å². The Kier molecular flexibility index (Phi) is 3.01. The fourth-order valence-corrected chi connectivity index (χ4v) is 2.56. The molecule has 0 aliphatic rings. The van der Waals surface area contributed by atoms with Crippen molar-refractivity contribution in [2.45, 2.75) is 26.2 Å². The van der Waals surface area contributed by atoms with Gasteiger partial charge in [0.25, 0.3) is 0 Å². The van der Waals surface area contributed by atoms with E-state index in [-0.39, 0.29) is 5.41 Å². The van der Waals surface area contributed by atoms with Crippen molar-refractivity contribution < 1.29 is 0 Å². The van der Waals surface area contributed by atoms with E-state index in [1.807, 2.05) is 18.2 Å². The predicted molar refractivity (Wildman–Crippen MR) is 83.7 cm³/mol. The number of hydrogen-bond acceptors (Lipinski definition) is 2. The number of nitrogens with zero attached hydrogens (tertiary/aromatic N) is 2. The first-order valence-electron chi connectivity index (χ1n) is 6.87. The summed E-state index contributed by atoms with van der Waals surface area (Å²) in [6, 6.07) is 16.7. The average molecular weight is 262 g/mol. The molecule has 2 heteroatoms. The van der Waals surface area contributed by atoms with Crippen molar-refractivity contribution in [2.24, 2.45) is 0 Å². The Hall–Kier alpha value is -2.22. The Morgan fingerprint density at radius 1 is 0.800 bits per heavy atom. The first-order chi connectivity index (χ1) is 9.57. The third kappa shape index (κ3) is 2.18. The Morgan fingerprint density at radius 3 is 2.30 bits per heavy atom. The summed E-state index contributed by atoms with van der Waals surface area (Å²) in [6.45, 7) is 6.69. The van der Waals surface area contributed by atoms with E-state index in [4.69, 9.17) is 0 Å². The second-order valence-electron chi connectivity index (χ2n) is 6.04. The van der Waals surface area contributed by atoms with Gasteiger partial charge in [0, 0.05) is 10.9 Å². The van der Waals surface area contributed by atoms with E-state index >= 15 is 0 Å². The molecule has 0 amide bonds. The van der Waals surface area contributed by atoms with Crippen molar-refractivity contribution in [1.29, 1.82) is 0 Å². The number of fused-ring (bicyclic) bond motifs is 1.